The van der Waals surface area contributed by atoms with Crippen LogP contribution in [0.4, 0.5) is 18.9 Å². The average Bonchev–Trinajstić information content (AvgIpc) is 2.82. The first-order valence-electron chi connectivity index (χ1n) is 9.89. The van der Waals surface area contributed by atoms with Gasteiger partial charge in [-0.3, -0.25) is 14.6 Å². The molecule has 0 unspecified atom stereocenters. The van der Waals surface area contributed by atoms with Crippen molar-refractivity contribution in [2.45, 2.75) is 6.18 Å². The van der Waals surface area contributed by atoms with E-state index in [1.807, 2.05) is 0 Å². The first-order chi connectivity index (χ1) is 16.2. The van der Waals surface area contributed by atoms with Gasteiger partial charge in [-0.1, -0.05) is 12.1 Å². The number of carbonyl (C=O) groups excluding carboxylic acids is 2. The highest BCUT2D eigenvalue weighted by molar-refractivity contribution is 6.02. The van der Waals surface area contributed by atoms with E-state index in [0.717, 1.165) is 12.1 Å². The van der Waals surface area contributed by atoms with Crippen molar-refractivity contribution in [2.24, 2.45) is 0 Å². The van der Waals surface area contributed by atoms with Crippen molar-refractivity contribution in [1.29, 1.82) is 0 Å². The molecular weight excluding hydrogens is 451 g/mol. The van der Waals surface area contributed by atoms with Crippen LogP contribution in [0.25, 0.3) is 6.08 Å². The molecule has 0 saturated carbocycles. The van der Waals surface area contributed by atoms with Gasteiger partial charge in [0.15, 0.2) is 0 Å². The lowest BCUT2D eigenvalue weighted by Crippen LogP contribution is -2.18. The molecule has 34 heavy (non-hydrogen) atoms. The zero-order valence-electron chi connectivity index (χ0n) is 18.1. The van der Waals surface area contributed by atoms with Gasteiger partial charge in [0.05, 0.1) is 12.7 Å². The van der Waals surface area contributed by atoms with Crippen LogP contribution in [0.1, 0.15) is 21.6 Å². The van der Waals surface area contributed by atoms with Crippen molar-refractivity contribution in [2.75, 3.05) is 19.5 Å². The summed E-state index contributed by atoms with van der Waals surface area (Å²) in [5.41, 5.74) is -0.191. The molecule has 10 heteroatoms. The molecule has 0 aliphatic rings. The van der Waals surface area contributed by atoms with Crippen molar-refractivity contribution >= 4 is 23.6 Å². The molecule has 3 rings (SSSR count). The lowest BCUT2D eigenvalue weighted by atomic mass is 10.1. The van der Waals surface area contributed by atoms with Gasteiger partial charge in [0.2, 0.25) is 5.91 Å². The molecule has 0 aliphatic heterocycles. The molecule has 0 bridgehead atoms. The van der Waals surface area contributed by atoms with Crippen LogP contribution < -0.4 is 20.1 Å². The monoisotopic (exact) mass is 471 g/mol. The van der Waals surface area contributed by atoms with Gasteiger partial charge in [0, 0.05) is 37.1 Å². The molecule has 3 aromatic rings. The Morgan fingerprint density at radius 1 is 1.00 bits per heavy atom. The van der Waals surface area contributed by atoms with E-state index in [4.69, 9.17) is 9.47 Å². The highest BCUT2D eigenvalue weighted by Gasteiger charge is 2.31. The minimum Gasteiger partial charge on any atom is -0.497 e. The van der Waals surface area contributed by atoms with Gasteiger partial charge in [-0.2, -0.15) is 13.2 Å². The quantitative estimate of drug-likeness (QED) is 0.478. The number of nitrogens with zero attached hydrogens (tertiary/aromatic N) is 1. The van der Waals surface area contributed by atoms with E-state index in [-0.39, 0.29) is 23.0 Å². The van der Waals surface area contributed by atoms with E-state index >= 15 is 0 Å². The van der Waals surface area contributed by atoms with Crippen LogP contribution in [0.2, 0.25) is 0 Å². The number of hydrogen-bond acceptors (Lipinski definition) is 5. The molecule has 0 spiro atoms. The number of nitrogens with one attached hydrogen (secondary N) is 2. The van der Waals surface area contributed by atoms with Crippen LogP contribution in [0, 0.1) is 0 Å². The fraction of sp³-hybridized carbons (Fsp3) is 0.125. The summed E-state index contributed by atoms with van der Waals surface area (Å²) >= 11 is 0. The van der Waals surface area contributed by atoms with Crippen LogP contribution in [-0.4, -0.2) is 31.0 Å². The summed E-state index contributed by atoms with van der Waals surface area (Å²) in [4.78, 5) is 27.9. The third-order valence-electron chi connectivity index (χ3n) is 4.45. The van der Waals surface area contributed by atoms with Crippen LogP contribution in [-0.2, 0) is 11.0 Å². The Bertz CT molecular complexity index is 1230. The maximum Gasteiger partial charge on any atom is 0.416 e. The van der Waals surface area contributed by atoms with Gasteiger partial charge in [0.1, 0.15) is 22.9 Å². The van der Waals surface area contributed by atoms with Gasteiger partial charge in [-0.25, -0.2) is 0 Å². The van der Waals surface area contributed by atoms with Crippen molar-refractivity contribution in [3.63, 3.8) is 0 Å². The predicted octanol–water partition coefficient (Wildman–Crippen LogP) is 4.91. The van der Waals surface area contributed by atoms with Crippen LogP contribution in [0.3, 0.4) is 0 Å². The zero-order valence-corrected chi connectivity index (χ0v) is 18.1. The minimum atomic E-state index is -4.58. The molecule has 1 heterocycles. The summed E-state index contributed by atoms with van der Waals surface area (Å²) < 4.78 is 49.8. The number of benzene rings is 2. The van der Waals surface area contributed by atoms with E-state index in [1.54, 1.807) is 30.3 Å². The number of ether oxygens (including phenoxy) is 2. The Morgan fingerprint density at radius 2 is 1.76 bits per heavy atom. The number of carbonyl (C=O) groups is 2. The van der Waals surface area contributed by atoms with E-state index in [0.29, 0.717) is 17.1 Å². The summed E-state index contributed by atoms with van der Waals surface area (Å²) in [7, 11) is 2.73. The molecule has 1 aromatic heterocycles. The maximum absolute atomic E-state index is 13.0. The number of amides is 2. The molecule has 2 aromatic carbocycles. The van der Waals surface area contributed by atoms with E-state index < -0.39 is 17.6 Å². The second-order valence-corrected chi connectivity index (χ2v) is 6.90. The average molecular weight is 471 g/mol. The molecule has 0 aliphatic carbocycles. The highest BCUT2D eigenvalue weighted by Crippen LogP contribution is 2.34. The first-order valence-corrected chi connectivity index (χ1v) is 9.89. The van der Waals surface area contributed by atoms with Crippen LogP contribution in [0.15, 0.2) is 66.9 Å². The molecule has 176 valence electrons. The first kappa shape index (κ1) is 24.3. The van der Waals surface area contributed by atoms with E-state index in [1.165, 1.54) is 44.6 Å². The summed E-state index contributed by atoms with van der Waals surface area (Å²) in [6, 6.07) is 12.8. The van der Waals surface area contributed by atoms with Gasteiger partial charge in [-0.15, -0.1) is 0 Å². The highest BCUT2D eigenvalue weighted by atomic mass is 19.4. The Morgan fingerprint density at radius 3 is 2.47 bits per heavy atom. The molecule has 7 nitrogen and oxygen atoms in total. The summed E-state index contributed by atoms with van der Waals surface area (Å²) in [5, 5.41) is 4.87. The topological polar surface area (TPSA) is 89.5 Å². The van der Waals surface area contributed by atoms with Gasteiger partial charge >= 0.3 is 6.18 Å². The number of hydrogen-bond donors (Lipinski definition) is 2. The lowest BCUT2D eigenvalue weighted by molar-refractivity contribution is -0.137. The predicted molar refractivity (Wildman–Crippen MR) is 120 cm³/mol. The number of rotatable bonds is 7. The molecule has 2 amide bonds. The van der Waals surface area contributed by atoms with Crippen LogP contribution >= 0.6 is 0 Å². The molecule has 2 N–H and O–H groups in total. The maximum atomic E-state index is 13.0. The second kappa shape index (κ2) is 10.5. The standard InChI is InChI=1S/C24H20F3N3O4/c1-28-23(32)21-14-19(8-9-29-21)34-18-5-3-4-15(10-18)6-7-22(31)30-17-11-16(24(25,26)27)12-20(13-17)33-2/h3-14H,1-2H3,(H,28,32)(H,30,31). The van der Waals surface area contributed by atoms with Gasteiger partial charge in [-0.05, 0) is 42.0 Å². The minimum absolute atomic E-state index is 0.0327. The summed E-state index contributed by atoms with van der Waals surface area (Å²) in [6.45, 7) is 0. The molecule has 0 atom stereocenters. The lowest BCUT2D eigenvalue weighted by Gasteiger charge is -2.12. The smallest absolute Gasteiger partial charge is 0.416 e. The van der Waals surface area contributed by atoms with Crippen molar-refractivity contribution in [3.05, 3.63) is 83.7 Å². The molecular formula is C24H20F3N3O4. The number of aromatic nitrogens is 1. The third kappa shape index (κ3) is 6.58. The SMILES string of the molecule is CNC(=O)c1cc(Oc2cccc(C=CC(=O)Nc3cc(OC)cc(C(F)(F)F)c3)c2)ccn1. The largest absolute Gasteiger partial charge is 0.497 e. The zero-order chi connectivity index (χ0) is 24.7. The Balaban J connectivity index is 1.70. The van der Waals surface area contributed by atoms with Crippen molar-refractivity contribution in [3.8, 4) is 17.2 Å². The van der Waals surface area contributed by atoms with Crippen molar-refractivity contribution < 1.29 is 32.2 Å². The number of pyridine rings is 1. The Labute approximate surface area is 193 Å². The van der Waals surface area contributed by atoms with Crippen molar-refractivity contribution in [1.82, 2.24) is 10.3 Å². The molecule has 0 radical (unpaired) electrons. The van der Waals surface area contributed by atoms with Crippen LogP contribution in [0.5, 0.6) is 17.2 Å². The Hall–Kier alpha value is -4.34. The van der Waals surface area contributed by atoms with Gasteiger partial charge in [0.25, 0.3) is 5.91 Å². The second-order valence-electron chi connectivity index (χ2n) is 6.90. The number of anilines is 1. The van der Waals surface area contributed by atoms with E-state index in [9.17, 15) is 22.8 Å². The fourth-order valence-corrected chi connectivity index (χ4v) is 2.85. The molecule has 0 saturated heterocycles. The third-order valence-corrected chi connectivity index (χ3v) is 4.45. The fourth-order valence-electron chi connectivity index (χ4n) is 2.85. The normalized spacial score (nSPS) is 11.2. The molecule has 0 fully saturated rings. The summed E-state index contributed by atoms with van der Waals surface area (Å²) in [6.07, 6.45) is -0.478. The summed E-state index contributed by atoms with van der Waals surface area (Å²) in [5.74, 6) is -0.177. The number of halogens is 3. The number of methoxy groups -OCH3 is 1. The number of alkyl halides is 3. The van der Waals surface area contributed by atoms with Gasteiger partial charge < -0.3 is 20.1 Å². The Kier molecular flexibility index (Phi) is 7.52. The van der Waals surface area contributed by atoms with E-state index in [2.05, 4.69) is 15.6 Å².